The van der Waals surface area contributed by atoms with Crippen LogP contribution in [-0.4, -0.2) is 21.7 Å². The highest BCUT2D eigenvalue weighted by Gasteiger charge is 2.40. The normalized spacial score (nSPS) is 24.3. The van der Waals surface area contributed by atoms with E-state index < -0.39 is 0 Å². The fourth-order valence-electron chi connectivity index (χ4n) is 4.76. The minimum Gasteiger partial charge on any atom is -0.345 e. The van der Waals surface area contributed by atoms with Crippen molar-refractivity contribution in [1.29, 1.82) is 0 Å². The van der Waals surface area contributed by atoms with Crippen LogP contribution in [0.25, 0.3) is 0 Å². The number of hydrogen-bond acceptors (Lipinski definition) is 4. The second kappa shape index (κ2) is 7.09. The van der Waals surface area contributed by atoms with Gasteiger partial charge >= 0.3 is 0 Å². The van der Waals surface area contributed by atoms with Gasteiger partial charge < -0.3 is 5.32 Å². The molecule has 1 saturated carbocycles. The summed E-state index contributed by atoms with van der Waals surface area (Å²) in [7, 11) is 1.96. The molecule has 1 amide bonds. The van der Waals surface area contributed by atoms with Gasteiger partial charge in [0.1, 0.15) is 6.04 Å². The van der Waals surface area contributed by atoms with E-state index >= 15 is 0 Å². The first-order valence-electron chi connectivity index (χ1n) is 9.89. The molecule has 2 atom stereocenters. The lowest BCUT2D eigenvalue weighted by Crippen LogP contribution is -2.51. The third-order valence-corrected chi connectivity index (χ3v) is 6.28. The van der Waals surface area contributed by atoms with Crippen LogP contribution in [0.15, 0.2) is 30.3 Å². The molecule has 1 aliphatic heterocycles. The second-order valence-corrected chi connectivity index (χ2v) is 7.98. The molecule has 2 aromatic rings. The summed E-state index contributed by atoms with van der Waals surface area (Å²) >= 11 is 0. The predicted octanol–water partition coefficient (Wildman–Crippen LogP) is 2.53. The number of carbonyl (C=O) groups is 1. The van der Waals surface area contributed by atoms with E-state index in [0.29, 0.717) is 0 Å². The minimum absolute atomic E-state index is 0.0787. The van der Waals surface area contributed by atoms with Crippen LogP contribution in [0.4, 0.5) is 0 Å². The van der Waals surface area contributed by atoms with E-state index in [1.165, 1.54) is 11.1 Å². The third-order valence-electron chi connectivity index (χ3n) is 6.28. The van der Waals surface area contributed by atoms with Crippen molar-refractivity contribution in [3.63, 3.8) is 0 Å². The van der Waals surface area contributed by atoms with E-state index in [1.54, 1.807) is 0 Å². The van der Waals surface area contributed by atoms with Crippen molar-refractivity contribution in [3.05, 3.63) is 52.8 Å². The third kappa shape index (κ3) is 3.28. The van der Waals surface area contributed by atoms with Gasteiger partial charge in [-0.15, -0.1) is 0 Å². The molecule has 1 aromatic heterocycles. The summed E-state index contributed by atoms with van der Waals surface area (Å²) in [4.78, 5) is 13.1. The number of carbonyl (C=O) groups excluding carboxylic acids is 1. The Bertz CT molecular complexity index is 823. The number of aromatic nitrogens is 2. The Morgan fingerprint density at radius 2 is 1.89 bits per heavy atom. The van der Waals surface area contributed by atoms with Crippen LogP contribution < -0.4 is 16.2 Å². The van der Waals surface area contributed by atoms with Crippen LogP contribution in [0.1, 0.15) is 60.7 Å². The molecule has 144 valence electrons. The van der Waals surface area contributed by atoms with Gasteiger partial charge in [0.2, 0.25) is 5.91 Å². The van der Waals surface area contributed by atoms with Gasteiger partial charge in [-0.1, -0.05) is 43.2 Å². The standard InChI is InChI=1S/C21H29N5O/c1-14-19(15(2)26(3)25-14)17-13-18(24-23-17)20(27)22-21(11-7-8-12-21)16-9-5-4-6-10-16/h4-6,9-10,17-18,23-24H,7-8,11-13H2,1-3H3,(H,22,27). The Kier molecular flexibility index (Phi) is 4.78. The van der Waals surface area contributed by atoms with Crippen molar-refractivity contribution in [2.24, 2.45) is 7.05 Å². The van der Waals surface area contributed by atoms with Crippen LogP contribution in [0.5, 0.6) is 0 Å². The van der Waals surface area contributed by atoms with Crippen molar-refractivity contribution < 1.29 is 4.79 Å². The molecular formula is C21H29N5O. The number of aryl methyl sites for hydroxylation is 2. The summed E-state index contributed by atoms with van der Waals surface area (Å²) in [6.45, 7) is 4.10. The Morgan fingerprint density at radius 1 is 1.19 bits per heavy atom. The lowest BCUT2D eigenvalue weighted by molar-refractivity contribution is -0.125. The highest BCUT2D eigenvalue weighted by atomic mass is 16.2. The van der Waals surface area contributed by atoms with Gasteiger partial charge in [0, 0.05) is 18.3 Å². The topological polar surface area (TPSA) is 71.0 Å². The van der Waals surface area contributed by atoms with Crippen LogP contribution in [0, 0.1) is 13.8 Å². The van der Waals surface area contributed by atoms with E-state index in [0.717, 1.165) is 43.5 Å². The lowest BCUT2D eigenvalue weighted by atomic mass is 9.87. The average Bonchev–Trinajstić information content (AvgIpc) is 3.37. The van der Waals surface area contributed by atoms with E-state index in [2.05, 4.69) is 52.5 Å². The zero-order valence-electron chi connectivity index (χ0n) is 16.4. The van der Waals surface area contributed by atoms with Crippen molar-refractivity contribution in [1.82, 2.24) is 25.9 Å². The Morgan fingerprint density at radius 3 is 2.52 bits per heavy atom. The molecule has 1 aromatic carbocycles. The second-order valence-electron chi connectivity index (χ2n) is 7.98. The maximum absolute atomic E-state index is 13.1. The maximum atomic E-state index is 13.1. The first-order chi connectivity index (χ1) is 13.0. The summed E-state index contributed by atoms with van der Waals surface area (Å²) in [6.07, 6.45) is 5.05. The Labute approximate surface area is 160 Å². The highest BCUT2D eigenvalue weighted by molar-refractivity contribution is 5.83. The van der Waals surface area contributed by atoms with Gasteiger partial charge in [-0.3, -0.25) is 9.48 Å². The van der Waals surface area contributed by atoms with Gasteiger partial charge in [0.15, 0.2) is 0 Å². The Hall–Kier alpha value is -2.18. The molecule has 0 radical (unpaired) electrons. The van der Waals surface area contributed by atoms with E-state index in [9.17, 15) is 4.79 Å². The molecule has 2 heterocycles. The maximum Gasteiger partial charge on any atom is 0.239 e. The summed E-state index contributed by atoms with van der Waals surface area (Å²) in [5, 5.41) is 7.90. The molecule has 3 N–H and O–H groups in total. The number of nitrogens with one attached hydrogen (secondary N) is 3. The molecule has 1 saturated heterocycles. The Balaban J connectivity index is 1.49. The molecule has 0 spiro atoms. The quantitative estimate of drug-likeness (QED) is 0.777. The molecular weight excluding hydrogens is 338 g/mol. The number of benzene rings is 1. The van der Waals surface area contributed by atoms with Gasteiger partial charge in [0.25, 0.3) is 0 Å². The first kappa shape index (κ1) is 18.2. The molecule has 4 rings (SSSR count). The molecule has 2 aliphatic rings. The number of hydrogen-bond donors (Lipinski definition) is 3. The van der Waals surface area contributed by atoms with Crippen LogP contribution in [-0.2, 0) is 17.4 Å². The van der Waals surface area contributed by atoms with Gasteiger partial charge in [0.05, 0.1) is 17.3 Å². The van der Waals surface area contributed by atoms with Crippen LogP contribution in [0.3, 0.4) is 0 Å². The SMILES string of the molecule is Cc1nn(C)c(C)c1C1CC(C(=O)NC2(c3ccccc3)CCCC2)NN1. The molecule has 27 heavy (non-hydrogen) atoms. The fourth-order valence-corrected chi connectivity index (χ4v) is 4.76. The number of nitrogens with zero attached hydrogens (tertiary/aromatic N) is 2. The summed E-state index contributed by atoms with van der Waals surface area (Å²) in [5.74, 6) is 0.0787. The van der Waals surface area contributed by atoms with Crippen molar-refractivity contribution in [2.45, 2.75) is 63.6 Å². The molecule has 0 bridgehead atoms. The van der Waals surface area contributed by atoms with E-state index in [-0.39, 0.29) is 23.5 Å². The molecule has 6 heteroatoms. The minimum atomic E-state index is -0.241. The monoisotopic (exact) mass is 367 g/mol. The molecule has 2 unspecified atom stereocenters. The van der Waals surface area contributed by atoms with Crippen LogP contribution in [0.2, 0.25) is 0 Å². The molecule has 2 fully saturated rings. The van der Waals surface area contributed by atoms with E-state index in [4.69, 9.17) is 0 Å². The molecule has 1 aliphatic carbocycles. The summed E-state index contributed by atoms with van der Waals surface area (Å²) in [5.41, 5.74) is 10.9. The smallest absolute Gasteiger partial charge is 0.239 e. The fraction of sp³-hybridized carbons (Fsp3) is 0.524. The zero-order valence-corrected chi connectivity index (χ0v) is 16.4. The van der Waals surface area contributed by atoms with Gasteiger partial charge in [-0.05, 0) is 38.7 Å². The number of rotatable bonds is 4. The highest BCUT2D eigenvalue weighted by Crippen LogP contribution is 2.39. The number of hydrazine groups is 1. The molecule has 6 nitrogen and oxygen atoms in total. The first-order valence-corrected chi connectivity index (χ1v) is 9.89. The van der Waals surface area contributed by atoms with E-state index in [1.807, 2.05) is 24.7 Å². The van der Waals surface area contributed by atoms with Gasteiger partial charge in [-0.25, -0.2) is 10.9 Å². The predicted molar refractivity (Wildman–Crippen MR) is 105 cm³/mol. The van der Waals surface area contributed by atoms with Crippen molar-refractivity contribution in [3.8, 4) is 0 Å². The zero-order chi connectivity index (χ0) is 19.0. The summed E-state index contributed by atoms with van der Waals surface area (Å²) in [6, 6.07) is 10.3. The lowest BCUT2D eigenvalue weighted by Gasteiger charge is -2.32. The van der Waals surface area contributed by atoms with Crippen molar-refractivity contribution in [2.75, 3.05) is 0 Å². The summed E-state index contributed by atoms with van der Waals surface area (Å²) < 4.78 is 1.91. The largest absolute Gasteiger partial charge is 0.345 e. The number of amides is 1. The van der Waals surface area contributed by atoms with Crippen molar-refractivity contribution >= 4 is 5.91 Å². The van der Waals surface area contributed by atoms with Crippen LogP contribution >= 0.6 is 0 Å². The average molecular weight is 367 g/mol. The van der Waals surface area contributed by atoms with Gasteiger partial charge in [-0.2, -0.15) is 5.10 Å².